The molecule has 0 aromatic carbocycles. The first-order valence-electron chi connectivity index (χ1n) is 6.91. The molecule has 0 spiro atoms. The van der Waals surface area contributed by atoms with Gasteiger partial charge in [0, 0.05) is 13.2 Å². The Morgan fingerprint density at radius 1 is 0.842 bits per heavy atom. The molecular formula is C13H26O6. The number of ether oxygens (including phenoxy) is 5. The summed E-state index contributed by atoms with van der Waals surface area (Å²) in [6.07, 6.45) is 0.975. The largest absolute Gasteiger partial charge is 0.394 e. The van der Waals surface area contributed by atoms with E-state index in [1.807, 2.05) is 13.8 Å². The van der Waals surface area contributed by atoms with Crippen molar-refractivity contribution in [3.8, 4) is 0 Å². The molecule has 3 aliphatic rings. The second-order valence-corrected chi connectivity index (χ2v) is 4.37. The van der Waals surface area contributed by atoms with Crippen LogP contribution in [0.2, 0.25) is 0 Å². The molecule has 0 aromatic rings. The third kappa shape index (κ3) is 12.5. The molecule has 0 amide bonds. The minimum Gasteiger partial charge on any atom is -0.394 e. The van der Waals surface area contributed by atoms with Crippen molar-refractivity contribution in [3.63, 3.8) is 0 Å². The van der Waals surface area contributed by atoms with Crippen molar-refractivity contribution in [2.45, 2.75) is 32.2 Å². The average Bonchev–Trinajstić information content (AvgIpc) is 3.30. The molecule has 3 aliphatic heterocycles. The van der Waals surface area contributed by atoms with Crippen molar-refractivity contribution in [2.75, 3.05) is 52.9 Å². The molecule has 0 saturated carbocycles. The average molecular weight is 278 g/mol. The fourth-order valence-corrected chi connectivity index (χ4v) is 1.04. The first-order valence-corrected chi connectivity index (χ1v) is 6.91. The molecular weight excluding hydrogens is 252 g/mol. The maximum absolute atomic E-state index is 8.08. The minimum absolute atomic E-state index is 0.190. The van der Waals surface area contributed by atoms with Gasteiger partial charge in [0.1, 0.15) is 18.3 Å². The first kappa shape index (κ1) is 16.8. The van der Waals surface area contributed by atoms with Crippen molar-refractivity contribution in [3.05, 3.63) is 0 Å². The van der Waals surface area contributed by atoms with Gasteiger partial charge in [0.25, 0.3) is 0 Å². The highest BCUT2D eigenvalue weighted by atomic mass is 16.6. The van der Waals surface area contributed by atoms with Crippen LogP contribution in [0.3, 0.4) is 0 Å². The second kappa shape index (κ2) is 10.5. The van der Waals surface area contributed by atoms with E-state index in [4.69, 9.17) is 24.1 Å². The molecule has 6 heteroatoms. The summed E-state index contributed by atoms with van der Waals surface area (Å²) in [5, 5.41) is 8.08. The van der Waals surface area contributed by atoms with Gasteiger partial charge in [-0.25, -0.2) is 0 Å². The third-order valence-corrected chi connectivity index (χ3v) is 2.43. The Bertz CT molecular complexity index is 187. The Balaban J connectivity index is 0.000000156. The third-order valence-electron chi connectivity index (χ3n) is 2.43. The van der Waals surface area contributed by atoms with Crippen LogP contribution in [0, 0.1) is 0 Å². The monoisotopic (exact) mass is 278 g/mol. The second-order valence-electron chi connectivity index (χ2n) is 4.37. The summed E-state index contributed by atoms with van der Waals surface area (Å²) in [4.78, 5) is 0. The van der Waals surface area contributed by atoms with Crippen LogP contribution in [0.5, 0.6) is 0 Å². The minimum atomic E-state index is 0.190. The molecule has 0 radical (unpaired) electrons. The maximum atomic E-state index is 8.08. The Hall–Kier alpha value is -0.240. The van der Waals surface area contributed by atoms with Gasteiger partial charge >= 0.3 is 0 Å². The number of hydrogen-bond donors (Lipinski definition) is 1. The van der Waals surface area contributed by atoms with E-state index in [0.29, 0.717) is 12.2 Å². The molecule has 1 N–H and O–H groups in total. The summed E-state index contributed by atoms with van der Waals surface area (Å²) in [6, 6.07) is 0. The van der Waals surface area contributed by atoms with Crippen LogP contribution in [0.25, 0.3) is 0 Å². The molecule has 0 aromatic heterocycles. The Morgan fingerprint density at radius 3 is 1.42 bits per heavy atom. The highest BCUT2D eigenvalue weighted by Crippen LogP contribution is 2.12. The fourth-order valence-electron chi connectivity index (χ4n) is 1.04. The first-order chi connectivity index (χ1) is 9.30. The van der Waals surface area contributed by atoms with Gasteiger partial charge < -0.3 is 28.8 Å². The van der Waals surface area contributed by atoms with E-state index < -0.39 is 0 Å². The molecule has 3 saturated heterocycles. The van der Waals surface area contributed by atoms with Crippen molar-refractivity contribution in [1.82, 2.24) is 0 Å². The van der Waals surface area contributed by atoms with E-state index in [1.54, 1.807) is 0 Å². The van der Waals surface area contributed by atoms with E-state index in [9.17, 15) is 0 Å². The van der Waals surface area contributed by atoms with Gasteiger partial charge in [-0.05, 0) is 13.8 Å². The Kier molecular flexibility index (Phi) is 9.32. The zero-order valence-corrected chi connectivity index (χ0v) is 11.9. The maximum Gasteiger partial charge on any atom is 0.104 e. The van der Waals surface area contributed by atoms with Gasteiger partial charge in [-0.2, -0.15) is 0 Å². The lowest BCUT2D eigenvalue weighted by Crippen LogP contribution is -2.06. The lowest BCUT2D eigenvalue weighted by Gasteiger charge is -1.95. The standard InChI is InChI=1S/C6H10O3.C4H10O.C3H6O2/c1(5-3-8-5)7-2-6-4-9-6;1-3-5-4-2;4-1-3-2-5-3/h5-6H,1-4H2;3-4H2,1-2H3;3-4H,1-2H2. The highest BCUT2D eigenvalue weighted by molar-refractivity contribution is 4.71. The fraction of sp³-hybridized carbons (Fsp3) is 1.00. The quantitative estimate of drug-likeness (QED) is 0.671. The van der Waals surface area contributed by atoms with Crippen LogP contribution in [0.15, 0.2) is 0 Å². The predicted octanol–water partition coefficient (Wildman–Crippen LogP) is 0.221. The summed E-state index contributed by atoms with van der Waals surface area (Å²) in [5.74, 6) is 0. The van der Waals surface area contributed by atoms with E-state index in [-0.39, 0.29) is 12.7 Å². The summed E-state index contributed by atoms with van der Waals surface area (Å²) >= 11 is 0. The number of hydrogen-bond acceptors (Lipinski definition) is 6. The lowest BCUT2D eigenvalue weighted by atomic mass is 10.5. The molecule has 19 heavy (non-hydrogen) atoms. The smallest absolute Gasteiger partial charge is 0.104 e. The molecule has 6 nitrogen and oxygen atoms in total. The van der Waals surface area contributed by atoms with Crippen LogP contribution in [0.1, 0.15) is 13.8 Å². The lowest BCUT2D eigenvalue weighted by molar-refractivity contribution is 0.102. The molecule has 3 heterocycles. The number of aliphatic hydroxyl groups excluding tert-OH is 1. The van der Waals surface area contributed by atoms with Crippen molar-refractivity contribution in [1.29, 1.82) is 0 Å². The van der Waals surface area contributed by atoms with Crippen LogP contribution < -0.4 is 0 Å². The molecule has 3 rings (SSSR count). The van der Waals surface area contributed by atoms with Crippen LogP contribution in [0.4, 0.5) is 0 Å². The number of rotatable bonds is 7. The SMILES string of the molecule is C(OCC1CO1)C1CO1.CCOCC.OCC1CO1. The van der Waals surface area contributed by atoms with Gasteiger partial charge in [0.15, 0.2) is 0 Å². The summed E-state index contributed by atoms with van der Waals surface area (Å²) in [6.45, 7) is 9.88. The van der Waals surface area contributed by atoms with Crippen LogP contribution in [-0.4, -0.2) is 76.3 Å². The highest BCUT2D eigenvalue weighted by Gasteiger charge is 2.26. The number of aliphatic hydroxyl groups is 1. The van der Waals surface area contributed by atoms with Gasteiger partial charge in [0.05, 0.1) is 39.6 Å². The van der Waals surface area contributed by atoms with E-state index in [0.717, 1.165) is 46.2 Å². The molecule has 114 valence electrons. The van der Waals surface area contributed by atoms with E-state index >= 15 is 0 Å². The van der Waals surface area contributed by atoms with E-state index in [1.165, 1.54) is 0 Å². The Morgan fingerprint density at radius 2 is 1.26 bits per heavy atom. The van der Waals surface area contributed by atoms with Crippen LogP contribution in [-0.2, 0) is 23.7 Å². The molecule has 3 fully saturated rings. The van der Waals surface area contributed by atoms with Crippen molar-refractivity contribution < 1.29 is 28.8 Å². The van der Waals surface area contributed by atoms with Gasteiger partial charge in [-0.3, -0.25) is 0 Å². The molecule has 3 atom stereocenters. The summed E-state index contributed by atoms with van der Waals surface area (Å²) < 4.78 is 24.6. The van der Waals surface area contributed by atoms with E-state index in [2.05, 4.69) is 4.74 Å². The zero-order chi connectivity index (χ0) is 13.9. The predicted molar refractivity (Wildman–Crippen MR) is 69.3 cm³/mol. The molecule has 0 bridgehead atoms. The zero-order valence-electron chi connectivity index (χ0n) is 11.9. The van der Waals surface area contributed by atoms with Gasteiger partial charge in [-0.15, -0.1) is 0 Å². The topological polar surface area (TPSA) is 76.3 Å². The normalized spacial score (nSPS) is 29.5. The number of epoxide rings is 3. The van der Waals surface area contributed by atoms with Crippen molar-refractivity contribution in [2.24, 2.45) is 0 Å². The van der Waals surface area contributed by atoms with Gasteiger partial charge in [0.2, 0.25) is 0 Å². The summed E-state index contributed by atoms with van der Waals surface area (Å²) in [5.41, 5.74) is 0. The van der Waals surface area contributed by atoms with Gasteiger partial charge in [-0.1, -0.05) is 0 Å². The molecule has 0 aliphatic carbocycles. The summed E-state index contributed by atoms with van der Waals surface area (Å²) in [7, 11) is 0. The molecule has 3 unspecified atom stereocenters. The Labute approximate surface area is 114 Å². The van der Waals surface area contributed by atoms with Crippen LogP contribution >= 0.6 is 0 Å². The van der Waals surface area contributed by atoms with Crippen molar-refractivity contribution >= 4 is 0 Å².